The van der Waals surface area contributed by atoms with Crippen LogP contribution in [0.5, 0.6) is 0 Å². The Labute approximate surface area is 165 Å². The fraction of sp³-hybridized carbons (Fsp3) is 0.0952. The van der Waals surface area contributed by atoms with Crippen molar-refractivity contribution in [3.05, 3.63) is 88.5 Å². The highest BCUT2D eigenvalue weighted by Crippen LogP contribution is 2.32. The zero-order chi connectivity index (χ0) is 19.7. The molecule has 2 aromatic carbocycles. The molecule has 0 spiro atoms. The van der Waals surface area contributed by atoms with Crippen molar-refractivity contribution in [1.29, 1.82) is 0 Å². The van der Waals surface area contributed by atoms with E-state index in [1.54, 1.807) is 35.4 Å². The maximum absolute atomic E-state index is 14.0. The average Bonchev–Trinajstić information content (AvgIpc) is 3.11. The lowest BCUT2D eigenvalue weighted by molar-refractivity contribution is 0.0987. The smallest absolute Gasteiger partial charge is 0.260 e. The molecule has 0 fully saturated rings. The van der Waals surface area contributed by atoms with Crippen molar-refractivity contribution in [3.63, 3.8) is 0 Å². The van der Waals surface area contributed by atoms with E-state index in [0.717, 1.165) is 5.56 Å². The quantitative estimate of drug-likeness (QED) is 0.718. The first-order valence-corrected chi connectivity index (χ1v) is 9.02. The van der Waals surface area contributed by atoms with E-state index in [4.69, 9.17) is 11.6 Å². The maximum atomic E-state index is 14.0. The number of carbonyl (C=O) groups excluding carboxylic acids is 2. The maximum Gasteiger partial charge on any atom is 0.260 e. The molecule has 0 saturated carbocycles. The van der Waals surface area contributed by atoms with Crippen LogP contribution < -0.4 is 10.2 Å². The van der Waals surface area contributed by atoms with E-state index in [0.29, 0.717) is 29.9 Å². The Hall–Kier alpha value is -3.25. The van der Waals surface area contributed by atoms with Gasteiger partial charge in [-0.05, 0) is 48.4 Å². The van der Waals surface area contributed by atoms with Crippen LogP contribution in [0.25, 0.3) is 0 Å². The van der Waals surface area contributed by atoms with E-state index < -0.39 is 11.7 Å². The minimum atomic E-state index is -0.695. The summed E-state index contributed by atoms with van der Waals surface area (Å²) in [6, 6.07) is 12.8. The molecule has 28 heavy (non-hydrogen) atoms. The van der Waals surface area contributed by atoms with Gasteiger partial charge in [-0.1, -0.05) is 23.7 Å². The number of aromatic nitrogens is 1. The topological polar surface area (TPSA) is 62.3 Å². The van der Waals surface area contributed by atoms with Crippen LogP contribution in [-0.4, -0.2) is 23.3 Å². The summed E-state index contributed by atoms with van der Waals surface area (Å²) in [5.74, 6) is -1.50. The monoisotopic (exact) mass is 395 g/mol. The van der Waals surface area contributed by atoms with Gasteiger partial charge in [0.05, 0.1) is 16.1 Å². The molecule has 3 aromatic rings. The molecule has 1 aromatic heterocycles. The van der Waals surface area contributed by atoms with Crippen LogP contribution in [0.1, 0.15) is 26.3 Å². The molecule has 2 heterocycles. The number of hydrogen-bond acceptors (Lipinski definition) is 3. The molecule has 0 bridgehead atoms. The standard InChI is InChI=1S/C21H15ClFN3O2/c22-16-4-1-5-17(23)19(16)20(27)25-15-7-6-13-8-10-26(18(13)11-15)21(28)14-3-2-9-24-12-14/h1-7,9,11-12H,8,10H2,(H,25,27). The summed E-state index contributed by atoms with van der Waals surface area (Å²) in [5, 5.41) is 2.69. The van der Waals surface area contributed by atoms with Crippen LogP contribution in [-0.2, 0) is 6.42 Å². The van der Waals surface area contributed by atoms with Crippen molar-refractivity contribution in [1.82, 2.24) is 4.98 Å². The summed E-state index contributed by atoms with van der Waals surface area (Å²) in [5.41, 5.74) is 2.44. The Bertz CT molecular complexity index is 1050. The molecule has 1 N–H and O–H groups in total. The van der Waals surface area contributed by atoms with Gasteiger partial charge >= 0.3 is 0 Å². The largest absolute Gasteiger partial charge is 0.322 e. The summed E-state index contributed by atoms with van der Waals surface area (Å²) < 4.78 is 14.0. The van der Waals surface area contributed by atoms with Crippen molar-refractivity contribution < 1.29 is 14.0 Å². The molecule has 0 saturated heterocycles. The number of rotatable bonds is 3. The summed E-state index contributed by atoms with van der Waals surface area (Å²) in [4.78, 5) is 30.9. The van der Waals surface area contributed by atoms with Gasteiger partial charge in [-0.2, -0.15) is 0 Å². The number of fused-ring (bicyclic) bond motifs is 1. The molecule has 140 valence electrons. The van der Waals surface area contributed by atoms with Gasteiger partial charge in [0.1, 0.15) is 5.82 Å². The van der Waals surface area contributed by atoms with E-state index in [9.17, 15) is 14.0 Å². The minimum absolute atomic E-state index is 0.0343. The number of amides is 2. The number of pyridine rings is 1. The fourth-order valence-electron chi connectivity index (χ4n) is 3.22. The number of halogens is 2. The number of hydrogen-bond donors (Lipinski definition) is 1. The molecule has 1 aliphatic heterocycles. The predicted octanol–water partition coefficient (Wildman–Crippen LogP) is 4.33. The van der Waals surface area contributed by atoms with Crippen LogP contribution in [0.4, 0.5) is 15.8 Å². The van der Waals surface area contributed by atoms with Crippen molar-refractivity contribution in [3.8, 4) is 0 Å². The molecule has 0 aliphatic carbocycles. The Morgan fingerprint density at radius 3 is 2.75 bits per heavy atom. The summed E-state index contributed by atoms with van der Waals surface area (Å²) >= 11 is 5.96. The van der Waals surface area contributed by atoms with Gasteiger partial charge in [0, 0.05) is 30.3 Å². The minimum Gasteiger partial charge on any atom is -0.322 e. The second kappa shape index (κ2) is 7.40. The Balaban J connectivity index is 1.61. The lowest BCUT2D eigenvalue weighted by atomic mass is 10.1. The molecule has 7 heteroatoms. The lowest BCUT2D eigenvalue weighted by Gasteiger charge is -2.18. The summed E-state index contributed by atoms with van der Waals surface area (Å²) in [6.07, 6.45) is 3.84. The normalized spacial score (nSPS) is 12.6. The van der Waals surface area contributed by atoms with Gasteiger partial charge in [0.2, 0.25) is 0 Å². The van der Waals surface area contributed by atoms with Gasteiger partial charge in [-0.15, -0.1) is 0 Å². The third-order valence-electron chi connectivity index (χ3n) is 4.58. The summed E-state index contributed by atoms with van der Waals surface area (Å²) in [7, 11) is 0. The zero-order valence-corrected chi connectivity index (χ0v) is 15.4. The van der Waals surface area contributed by atoms with Crippen molar-refractivity contribution in [2.45, 2.75) is 6.42 Å². The molecule has 0 radical (unpaired) electrons. The van der Waals surface area contributed by atoms with Gasteiger partial charge in [-0.3, -0.25) is 14.6 Å². The molecule has 1 aliphatic rings. The molecule has 0 unspecified atom stereocenters. The third kappa shape index (κ3) is 3.34. The molecule has 0 atom stereocenters. The second-order valence-electron chi connectivity index (χ2n) is 6.34. The SMILES string of the molecule is O=C(Nc1ccc2c(c1)N(C(=O)c1cccnc1)CC2)c1c(F)cccc1Cl. The fourth-order valence-corrected chi connectivity index (χ4v) is 3.47. The lowest BCUT2D eigenvalue weighted by Crippen LogP contribution is -2.29. The zero-order valence-electron chi connectivity index (χ0n) is 14.7. The van der Waals surface area contributed by atoms with E-state index in [1.807, 2.05) is 6.07 Å². The second-order valence-corrected chi connectivity index (χ2v) is 6.75. The molecular weight excluding hydrogens is 381 g/mol. The van der Waals surface area contributed by atoms with E-state index >= 15 is 0 Å². The van der Waals surface area contributed by atoms with Crippen molar-refractivity contribution in [2.75, 3.05) is 16.8 Å². The highest BCUT2D eigenvalue weighted by Gasteiger charge is 2.26. The molecule has 5 nitrogen and oxygen atoms in total. The van der Waals surface area contributed by atoms with E-state index in [2.05, 4.69) is 10.3 Å². The Kier molecular flexibility index (Phi) is 4.79. The number of nitrogens with zero attached hydrogens (tertiary/aromatic N) is 2. The van der Waals surface area contributed by atoms with Crippen LogP contribution in [0.3, 0.4) is 0 Å². The van der Waals surface area contributed by atoms with Gasteiger partial charge in [0.15, 0.2) is 0 Å². The van der Waals surface area contributed by atoms with Crippen LogP contribution in [0, 0.1) is 5.82 Å². The third-order valence-corrected chi connectivity index (χ3v) is 4.90. The van der Waals surface area contributed by atoms with E-state index in [1.165, 1.54) is 24.4 Å². The number of anilines is 2. The molecule has 2 amide bonds. The van der Waals surface area contributed by atoms with Gasteiger partial charge in [-0.25, -0.2) is 4.39 Å². The number of carbonyl (C=O) groups is 2. The van der Waals surface area contributed by atoms with Crippen LogP contribution in [0.2, 0.25) is 5.02 Å². The predicted molar refractivity (Wildman–Crippen MR) is 105 cm³/mol. The summed E-state index contributed by atoms with van der Waals surface area (Å²) in [6.45, 7) is 0.541. The Morgan fingerprint density at radius 1 is 1.14 bits per heavy atom. The first-order valence-electron chi connectivity index (χ1n) is 8.65. The van der Waals surface area contributed by atoms with Gasteiger partial charge in [0.25, 0.3) is 11.8 Å². The van der Waals surface area contributed by atoms with E-state index in [-0.39, 0.29) is 16.5 Å². The van der Waals surface area contributed by atoms with Gasteiger partial charge < -0.3 is 10.2 Å². The number of benzene rings is 2. The highest BCUT2D eigenvalue weighted by molar-refractivity contribution is 6.34. The van der Waals surface area contributed by atoms with Crippen LogP contribution >= 0.6 is 11.6 Å². The van der Waals surface area contributed by atoms with Crippen LogP contribution in [0.15, 0.2) is 60.9 Å². The molecule has 4 rings (SSSR count). The van der Waals surface area contributed by atoms with Crippen molar-refractivity contribution in [2.24, 2.45) is 0 Å². The van der Waals surface area contributed by atoms with Crippen molar-refractivity contribution >= 4 is 34.8 Å². The Morgan fingerprint density at radius 2 is 2.00 bits per heavy atom. The first kappa shape index (κ1) is 18.1. The molecular formula is C21H15ClFN3O2. The first-order chi connectivity index (χ1) is 13.5. The number of nitrogens with one attached hydrogen (secondary N) is 1. The highest BCUT2D eigenvalue weighted by atomic mass is 35.5. The average molecular weight is 396 g/mol.